The lowest BCUT2D eigenvalue weighted by atomic mass is 10.0. The summed E-state index contributed by atoms with van der Waals surface area (Å²) in [5.41, 5.74) is -0.354. The molecule has 2 atom stereocenters. The van der Waals surface area contributed by atoms with Gasteiger partial charge in [0, 0.05) is 6.54 Å². The van der Waals surface area contributed by atoms with E-state index in [1.165, 1.54) is 15.9 Å². The number of rotatable bonds is 2. The summed E-state index contributed by atoms with van der Waals surface area (Å²) in [5.74, 6) is -0.443. The molecule has 7 nitrogen and oxygen atoms in total. The maximum atomic E-state index is 12.6. The van der Waals surface area contributed by atoms with Crippen LogP contribution in [0.4, 0.5) is 10.5 Å². The van der Waals surface area contributed by atoms with Crippen molar-refractivity contribution in [2.24, 2.45) is 0 Å². The van der Waals surface area contributed by atoms with Crippen LogP contribution >= 0.6 is 0 Å². The van der Waals surface area contributed by atoms with E-state index in [0.717, 1.165) is 0 Å². The Bertz CT molecular complexity index is 624. The maximum absolute atomic E-state index is 12.6. The molecule has 2 N–H and O–H groups in total. The van der Waals surface area contributed by atoms with Crippen LogP contribution in [-0.4, -0.2) is 57.9 Å². The van der Waals surface area contributed by atoms with Crippen LogP contribution in [0.1, 0.15) is 27.7 Å². The predicted octanol–water partition coefficient (Wildman–Crippen LogP) is 1.73. The van der Waals surface area contributed by atoms with Gasteiger partial charge in [0.1, 0.15) is 17.9 Å². The number of piperazine rings is 1. The lowest BCUT2D eigenvalue weighted by Crippen LogP contribution is -2.61. The van der Waals surface area contributed by atoms with E-state index in [1.54, 1.807) is 45.9 Å². The molecule has 2 amide bonds. The molecular formula is C17H24N2O5. The van der Waals surface area contributed by atoms with Crippen molar-refractivity contribution in [2.75, 3.05) is 18.0 Å². The molecule has 7 heteroatoms. The fourth-order valence-electron chi connectivity index (χ4n) is 2.61. The molecule has 0 saturated carbocycles. The Hall–Kier alpha value is -2.28. The zero-order valence-corrected chi connectivity index (χ0v) is 14.4. The van der Waals surface area contributed by atoms with E-state index in [0.29, 0.717) is 5.69 Å². The van der Waals surface area contributed by atoms with Gasteiger partial charge in [-0.05, 0) is 39.8 Å². The third-order valence-corrected chi connectivity index (χ3v) is 3.68. The average Bonchev–Trinajstić information content (AvgIpc) is 2.45. The fraction of sp³-hybridized carbons (Fsp3) is 0.529. The van der Waals surface area contributed by atoms with Crippen LogP contribution < -0.4 is 4.90 Å². The van der Waals surface area contributed by atoms with Crippen LogP contribution in [0.5, 0.6) is 5.75 Å². The summed E-state index contributed by atoms with van der Waals surface area (Å²) < 4.78 is 5.30. The quantitative estimate of drug-likeness (QED) is 0.858. The number of hydrogen-bond acceptors (Lipinski definition) is 5. The summed E-state index contributed by atoms with van der Waals surface area (Å²) in [6.07, 6.45) is -1.49. The smallest absolute Gasteiger partial charge is 0.410 e. The summed E-state index contributed by atoms with van der Waals surface area (Å²) in [6.45, 7) is 6.73. The predicted molar refractivity (Wildman–Crippen MR) is 88.9 cm³/mol. The molecule has 1 aromatic carbocycles. The average molecular weight is 336 g/mol. The number of carbonyl (C=O) groups is 2. The van der Waals surface area contributed by atoms with E-state index in [9.17, 15) is 19.8 Å². The van der Waals surface area contributed by atoms with E-state index < -0.39 is 23.8 Å². The molecule has 1 aliphatic heterocycles. The standard InChI is InChI=1S/C17H24N2O5/c1-11(20)13-9-18(16(23)24-17(2,3)4)10-15(22)19(13)12-7-5-6-8-14(12)21/h5-8,11,13,20-21H,9-10H2,1-4H3. The zero-order valence-electron chi connectivity index (χ0n) is 14.4. The molecule has 132 valence electrons. The first kappa shape index (κ1) is 18.1. The number of anilines is 1. The van der Waals surface area contributed by atoms with Gasteiger partial charge in [0.25, 0.3) is 0 Å². The van der Waals surface area contributed by atoms with Gasteiger partial charge in [-0.3, -0.25) is 14.6 Å². The van der Waals surface area contributed by atoms with Crippen LogP contribution in [0.25, 0.3) is 0 Å². The number of phenols is 1. The molecule has 0 spiro atoms. The molecule has 0 bridgehead atoms. The first-order chi connectivity index (χ1) is 11.1. The Morgan fingerprint density at radius 2 is 1.96 bits per heavy atom. The maximum Gasteiger partial charge on any atom is 0.410 e. The number of phenolic OH excluding ortho intramolecular Hbond substituents is 1. The number of aromatic hydroxyl groups is 1. The molecule has 0 aromatic heterocycles. The monoisotopic (exact) mass is 336 g/mol. The summed E-state index contributed by atoms with van der Waals surface area (Å²) in [4.78, 5) is 27.5. The second-order valence-electron chi connectivity index (χ2n) is 6.92. The molecule has 1 aromatic rings. The summed E-state index contributed by atoms with van der Waals surface area (Å²) >= 11 is 0. The largest absolute Gasteiger partial charge is 0.506 e. The van der Waals surface area contributed by atoms with E-state index in [1.807, 2.05) is 0 Å². The van der Waals surface area contributed by atoms with Crippen molar-refractivity contribution in [1.29, 1.82) is 0 Å². The highest BCUT2D eigenvalue weighted by Crippen LogP contribution is 2.31. The van der Waals surface area contributed by atoms with Crippen molar-refractivity contribution in [3.8, 4) is 5.75 Å². The minimum atomic E-state index is -0.890. The Kier molecular flexibility index (Phi) is 5.03. The molecule has 1 heterocycles. The van der Waals surface area contributed by atoms with Gasteiger partial charge in [-0.25, -0.2) is 4.79 Å². The number of benzene rings is 1. The van der Waals surface area contributed by atoms with E-state index in [2.05, 4.69) is 0 Å². The van der Waals surface area contributed by atoms with Gasteiger partial charge in [0.05, 0.1) is 17.8 Å². The molecule has 2 rings (SSSR count). The normalized spacial score (nSPS) is 20.0. The molecule has 24 heavy (non-hydrogen) atoms. The van der Waals surface area contributed by atoms with E-state index in [4.69, 9.17) is 4.74 Å². The molecule has 0 aliphatic carbocycles. The highest BCUT2D eigenvalue weighted by molar-refractivity contribution is 5.99. The molecule has 1 aliphatic rings. The number of aliphatic hydroxyl groups excluding tert-OH is 1. The van der Waals surface area contributed by atoms with Crippen LogP contribution in [0, 0.1) is 0 Å². The number of amides is 2. The highest BCUT2D eigenvalue weighted by Gasteiger charge is 2.40. The second kappa shape index (κ2) is 6.68. The van der Waals surface area contributed by atoms with Crippen molar-refractivity contribution in [3.05, 3.63) is 24.3 Å². The topological polar surface area (TPSA) is 90.3 Å². The number of aliphatic hydroxyl groups is 1. The van der Waals surface area contributed by atoms with Crippen molar-refractivity contribution < 1.29 is 24.5 Å². The summed E-state index contributed by atoms with van der Waals surface area (Å²) in [7, 11) is 0. The zero-order chi connectivity index (χ0) is 18.1. The number of hydrogen-bond donors (Lipinski definition) is 2. The summed E-state index contributed by atoms with van der Waals surface area (Å²) in [6, 6.07) is 5.75. The number of para-hydroxylation sites is 2. The third-order valence-electron chi connectivity index (χ3n) is 3.68. The highest BCUT2D eigenvalue weighted by atomic mass is 16.6. The number of nitrogens with zero attached hydrogens (tertiary/aromatic N) is 2. The lowest BCUT2D eigenvalue weighted by Gasteiger charge is -2.42. The summed E-state index contributed by atoms with van der Waals surface area (Å²) in [5, 5.41) is 20.1. The lowest BCUT2D eigenvalue weighted by molar-refractivity contribution is -0.123. The van der Waals surface area contributed by atoms with E-state index in [-0.39, 0.29) is 24.7 Å². The van der Waals surface area contributed by atoms with Crippen LogP contribution in [0.3, 0.4) is 0 Å². The Labute approximate surface area is 141 Å². The van der Waals surface area contributed by atoms with Gasteiger partial charge >= 0.3 is 6.09 Å². The Morgan fingerprint density at radius 3 is 2.50 bits per heavy atom. The van der Waals surface area contributed by atoms with E-state index >= 15 is 0 Å². The molecule has 0 radical (unpaired) electrons. The van der Waals surface area contributed by atoms with Gasteiger partial charge in [-0.15, -0.1) is 0 Å². The van der Waals surface area contributed by atoms with Crippen LogP contribution in [0.15, 0.2) is 24.3 Å². The first-order valence-corrected chi connectivity index (χ1v) is 7.86. The first-order valence-electron chi connectivity index (χ1n) is 7.86. The SMILES string of the molecule is CC(O)C1CN(C(=O)OC(C)(C)C)CC(=O)N1c1ccccc1O. The minimum Gasteiger partial charge on any atom is -0.506 e. The number of ether oxygens (including phenoxy) is 1. The van der Waals surface area contributed by atoms with Gasteiger partial charge in [0.15, 0.2) is 0 Å². The van der Waals surface area contributed by atoms with Crippen LogP contribution in [-0.2, 0) is 9.53 Å². The molecule has 2 unspecified atom stereocenters. The number of carbonyl (C=O) groups excluding carboxylic acids is 2. The van der Waals surface area contributed by atoms with Crippen molar-refractivity contribution in [2.45, 2.75) is 45.4 Å². The van der Waals surface area contributed by atoms with Crippen molar-refractivity contribution in [1.82, 2.24) is 4.90 Å². The molecule has 1 saturated heterocycles. The Balaban J connectivity index is 2.27. The Morgan fingerprint density at radius 1 is 1.33 bits per heavy atom. The van der Waals surface area contributed by atoms with Gasteiger partial charge < -0.3 is 14.9 Å². The molecule has 1 fully saturated rings. The molecular weight excluding hydrogens is 312 g/mol. The van der Waals surface area contributed by atoms with Gasteiger partial charge in [-0.2, -0.15) is 0 Å². The minimum absolute atomic E-state index is 0.0535. The van der Waals surface area contributed by atoms with Crippen molar-refractivity contribution in [3.63, 3.8) is 0 Å². The van der Waals surface area contributed by atoms with Crippen molar-refractivity contribution >= 4 is 17.7 Å². The fourth-order valence-corrected chi connectivity index (χ4v) is 2.61. The van der Waals surface area contributed by atoms with Crippen LogP contribution in [0.2, 0.25) is 0 Å². The van der Waals surface area contributed by atoms with Gasteiger partial charge in [-0.1, -0.05) is 12.1 Å². The van der Waals surface area contributed by atoms with Gasteiger partial charge in [0.2, 0.25) is 5.91 Å². The third kappa shape index (κ3) is 3.97. The second-order valence-corrected chi connectivity index (χ2v) is 6.92.